The van der Waals surface area contributed by atoms with Crippen molar-refractivity contribution < 1.29 is 4.79 Å². The van der Waals surface area contributed by atoms with Crippen LogP contribution in [0.4, 0.5) is 0 Å². The Kier molecular flexibility index (Phi) is 6.52. The number of nitrogens with zero attached hydrogens (tertiary/aromatic N) is 1. The second kappa shape index (κ2) is 7.67. The first-order chi connectivity index (χ1) is 8.11. The number of piperidine rings is 1. The van der Waals surface area contributed by atoms with E-state index in [9.17, 15) is 4.79 Å². The molecule has 100 valence electrons. The van der Waals surface area contributed by atoms with Crippen molar-refractivity contribution >= 4 is 5.91 Å². The number of rotatable bonds is 6. The maximum Gasteiger partial charge on any atom is 0.234 e. The fourth-order valence-electron chi connectivity index (χ4n) is 2.19. The molecule has 1 amide bonds. The van der Waals surface area contributed by atoms with E-state index in [1.54, 1.807) is 0 Å². The molecule has 2 N–H and O–H groups in total. The third-order valence-corrected chi connectivity index (χ3v) is 3.32. The number of amides is 1. The van der Waals surface area contributed by atoms with E-state index in [1.807, 2.05) is 7.05 Å². The molecule has 0 spiro atoms. The molecular weight excluding hydrogens is 214 g/mol. The first-order valence-corrected chi connectivity index (χ1v) is 6.78. The summed E-state index contributed by atoms with van der Waals surface area (Å²) < 4.78 is 0. The van der Waals surface area contributed by atoms with Crippen molar-refractivity contribution in [2.45, 2.75) is 39.2 Å². The fraction of sp³-hybridized carbons (Fsp3) is 0.923. The summed E-state index contributed by atoms with van der Waals surface area (Å²) in [4.78, 5) is 14.0. The molecule has 1 unspecified atom stereocenters. The number of carbonyl (C=O) groups excluding carboxylic acids is 1. The Morgan fingerprint density at radius 1 is 1.47 bits per heavy atom. The van der Waals surface area contributed by atoms with Gasteiger partial charge >= 0.3 is 0 Å². The molecule has 0 aromatic rings. The van der Waals surface area contributed by atoms with Crippen LogP contribution in [0.5, 0.6) is 0 Å². The minimum atomic E-state index is 0.169. The zero-order chi connectivity index (χ0) is 12.7. The molecule has 0 saturated carbocycles. The summed E-state index contributed by atoms with van der Waals surface area (Å²) in [5, 5.41) is 6.28. The van der Waals surface area contributed by atoms with Crippen LogP contribution in [0.15, 0.2) is 0 Å². The molecule has 1 fully saturated rings. The van der Waals surface area contributed by atoms with Crippen molar-refractivity contribution in [1.29, 1.82) is 0 Å². The van der Waals surface area contributed by atoms with E-state index < -0.39 is 0 Å². The number of likely N-dealkylation sites (tertiary alicyclic amines) is 1. The molecule has 1 rings (SSSR count). The largest absolute Gasteiger partial charge is 0.355 e. The number of nitrogens with one attached hydrogen (secondary N) is 2. The van der Waals surface area contributed by atoms with Gasteiger partial charge < -0.3 is 10.6 Å². The molecule has 1 aliphatic heterocycles. The molecule has 1 saturated heterocycles. The van der Waals surface area contributed by atoms with E-state index in [0.717, 1.165) is 26.1 Å². The van der Waals surface area contributed by atoms with Crippen LogP contribution in [0, 0.1) is 5.92 Å². The Morgan fingerprint density at radius 2 is 2.24 bits per heavy atom. The molecule has 0 aromatic carbocycles. The highest BCUT2D eigenvalue weighted by molar-refractivity contribution is 5.77. The van der Waals surface area contributed by atoms with Crippen LogP contribution in [-0.2, 0) is 4.79 Å². The number of hydrogen-bond donors (Lipinski definition) is 2. The lowest BCUT2D eigenvalue weighted by Crippen LogP contribution is -2.48. The SMILES string of the molecule is CNC1CCCN(CC(=O)NCCC(C)C)C1. The second-order valence-electron chi connectivity index (χ2n) is 5.40. The Labute approximate surface area is 105 Å². The van der Waals surface area contributed by atoms with Crippen molar-refractivity contribution in [3.8, 4) is 0 Å². The lowest BCUT2D eigenvalue weighted by atomic mass is 10.1. The maximum absolute atomic E-state index is 11.7. The average molecular weight is 241 g/mol. The van der Waals surface area contributed by atoms with Gasteiger partial charge in [0.15, 0.2) is 0 Å². The van der Waals surface area contributed by atoms with Gasteiger partial charge in [0.25, 0.3) is 0 Å². The predicted octanol–water partition coefficient (Wildman–Crippen LogP) is 0.833. The van der Waals surface area contributed by atoms with Crippen LogP contribution in [0.1, 0.15) is 33.1 Å². The van der Waals surface area contributed by atoms with Gasteiger partial charge in [-0.25, -0.2) is 0 Å². The Hall–Kier alpha value is -0.610. The van der Waals surface area contributed by atoms with Crippen molar-refractivity contribution in [3.63, 3.8) is 0 Å². The fourth-order valence-corrected chi connectivity index (χ4v) is 2.19. The lowest BCUT2D eigenvalue weighted by molar-refractivity contribution is -0.122. The maximum atomic E-state index is 11.7. The third kappa shape index (κ3) is 6.03. The molecule has 4 heteroatoms. The van der Waals surface area contributed by atoms with E-state index in [1.165, 1.54) is 12.8 Å². The molecule has 0 aliphatic carbocycles. The zero-order valence-corrected chi connectivity index (χ0v) is 11.5. The van der Waals surface area contributed by atoms with Gasteiger partial charge in [0, 0.05) is 19.1 Å². The lowest BCUT2D eigenvalue weighted by Gasteiger charge is -2.31. The standard InChI is InChI=1S/C13H27N3O/c1-11(2)6-7-15-13(17)10-16-8-4-5-12(9-16)14-3/h11-12,14H,4-10H2,1-3H3,(H,15,17). The molecule has 4 nitrogen and oxygen atoms in total. The topological polar surface area (TPSA) is 44.4 Å². The molecule has 1 heterocycles. The molecule has 0 radical (unpaired) electrons. The summed E-state index contributed by atoms with van der Waals surface area (Å²) in [5.74, 6) is 0.821. The van der Waals surface area contributed by atoms with Gasteiger partial charge in [0.05, 0.1) is 6.54 Å². The van der Waals surface area contributed by atoms with Crippen LogP contribution < -0.4 is 10.6 Å². The van der Waals surface area contributed by atoms with Crippen LogP contribution in [-0.4, -0.2) is 50.1 Å². The quantitative estimate of drug-likeness (QED) is 0.724. The van der Waals surface area contributed by atoms with Gasteiger partial charge in [-0.05, 0) is 38.8 Å². The van der Waals surface area contributed by atoms with Gasteiger partial charge in [0.1, 0.15) is 0 Å². The Bertz CT molecular complexity index is 231. The van der Waals surface area contributed by atoms with Crippen LogP contribution in [0.3, 0.4) is 0 Å². The van der Waals surface area contributed by atoms with Gasteiger partial charge in [0.2, 0.25) is 5.91 Å². The van der Waals surface area contributed by atoms with Crippen LogP contribution in [0.2, 0.25) is 0 Å². The molecule has 1 aliphatic rings. The average Bonchev–Trinajstić information content (AvgIpc) is 2.28. The van der Waals surface area contributed by atoms with E-state index in [-0.39, 0.29) is 5.91 Å². The monoisotopic (exact) mass is 241 g/mol. The van der Waals surface area contributed by atoms with Crippen LogP contribution in [0.25, 0.3) is 0 Å². The molecule has 17 heavy (non-hydrogen) atoms. The number of carbonyl (C=O) groups is 1. The van der Waals surface area contributed by atoms with Gasteiger partial charge in [-0.3, -0.25) is 9.69 Å². The summed E-state index contributed by atoms with van der Waals surface area (Å²) >= 11 is 0. The molecule has 0 aromatic heterocycles. The Morgan fingerprint density at radius 3 is 2.88 bits per heavy atom. The zero-order valence-electron chi connectivity index (χ0n) is 11.5. The first kappa shape index (κ1) is 14.5. The van der Waals surface area contributed by atoms with E-state index in [2.05, 4.69) is 29.4 Å². The Balaban J connectivity index is 2.17. The summed E-state index contributed by atoms with van der Waals surface area (Å²) in [6.07, 6.45) is 3.47. The van der Waals surface area contributed by atoms with Crippen molar-refractivity contribution in [2.75, 3.05) is 33.2 Å². The highest BCUT2D eigenvalue weighted by atomic mass is 16.2. The summed E-state index contributed by atoms with van der Waals surface area (Å²) in [7, 11) is 2.00. The van der Waals surface area contributed by atoms with Crippen molar-refractivity contribution in [2.24, 2.45) is 5.92 Å². The minimum absolute atomic E-state index is 0.169. The van der Waals surface area contributed by atoms with Gasteiger partial charge in [-0.2, -0.15) is 0 Å². The summed E-state index contributed by atoms with van der Waals surface area (Å²) in [6.45, 7) is 7.75. The molecule has 1 atom stereocenters. The van der Waals surface area contributed by atoms with Crippen LogP contribution >= 0.6 is 0 Å². The molecule has 0 bridgehead atoms. The van der Waals surface area contributed by atoms with E-state index in [4.69, 9.17) is 0 Å². The van der Waals surface area contributed by atoms with Crippen molar-refractivity contribution in [1.82, 2.24) is 15.5 Å². The van der Waals surface area contributed by atoms with Gasteiger partial charge in [-0.15, -0.1) is 0 Å². The number of hydrogen-bond acceptors (Lipinski definition) is 3. The predicted molar refractivity (Wildman–Crippen MR) is 71.0 cm³/mol. The molecular formula is C13H27N3O. The third-order valence-electron chi connectivity index (χ3n) is 3.32. The second-order valence-corrected chi connectivity index (χ2v) is 5.40. The number of likely N-dealkylation sites (N-methyl/N-ethyl adjacent to an activating group) is 1. The summed E-state index contributed by atoms with van der Waals surface area (Å²) in [5.41, 5.74) is 0. The van der Waals surface area contributed by atoms with E-state index >= 15 is 0 Å². The van der Waals surface area contributed by atoms with Gasteiger partial charge in [-0.1, -0.05) is 13.8 Å². The smallest absolute Gasteiger partial charge is 0.234 e. The minimum Gasteiger partial charge on any atom is -0.355 e. The highest BCUT2D eigenvalue weighted by Gasteiger charge is 2.19. The van der Waals surface area contributed by atoms with E-state index in [0.29, 0.717) is 18.5 Å². The van der Waals surface area contributed by atoms with Crippen molar-refractivity contribution in [3.05, 3.63) is 0 Å². The normalized spacial score (nSPS) is 21.8. The highest BCUT2D eigenvalue weighted by Crippen LogP contribution is 2.08. The summed E-state index contributed by atoms with van der Waals surface area (Å²) in [6, 6.07) is 0.548. The first-order valence-electron chi connectivity index (χ1n) is 6.78.